The first-order valence-electron chi connectivity index (χ1n) is 4.98. The first-order valence-corrected chi connectivity index (χ1v) is 5.52. The van der Waals surface area contributed by atoms with Gasteiger partial charge in [-0.1, -0.05) is 0 Å². The zero-order chi connectivity index (χ0) is 15.5. The Labute approximate surface area is 114 Å². The van der Waals surface area contributed by atoms with Crippen molar-refractivity contribution < 1.29 is 36.6 Å². The molecule has 0 saturated heterocycles. The van der Waals surface area contributed by atoms with Crippen molar-refractivity contribution in [3.05, 3.63) is 23.0 Å². The van der Waals surface area contributed by atoms with Crippen molar-refractivity contribution >= 4 is 17.6 Å². The van der Waals surface area contributed by atoms with E-state index in [9.17, 15) is 26.7 Å². The summed E-state index contributed by atoms with van der Waals surface area (Å²) in [6.45, 7) is 0. The number of pyridine rings is 1. The second-order valence-corrected chi connectivity index (χ2v) is 3.80. The van der Waals surface area contributed by atoms with Gasteiger partial charge in [0.25, 0.3) is 6.43 Å². The van der Waals surface area contributed by atoms with Gasteiger partial charge in [-0.2, -0.15) is 0 Å². The van der Waals surface area contributed by atoms with Gasteiger partial charge >= 0.3 is 12.3 Å². The number of ether oxygens (including phenoxy) is 1. The smallest absolute Gasteiger partial charge is 0.481 e. The lowest BCUT2D eigenvalue weighted by Gasteiger charge is -2.15. The van der Waals surface area contributed by atoms with E-state index in [4.69, 9.17) is 16.7 Å². The van der Waals surface area contributed by atoms with E-state index >= 15 is 0 Å². The number of hydrogen-bond acceptors (Lipinski definition) is 3. The van der Waals surface area contributed by atoms with E-state index in [0.29, 0.717) is 6.07 Å². The Morgan fingerprint density at radius 3 is 2.45 bits per heavy atom. The number of rotatable bonds is 5. The summed E-state index contributed by atoms with van der Waals surface area (Å²) in [6.07, 6.45) is -9.13. The molecule has 0 aliphatic rings. The summed E-state index contributed by atoms with van der Waals surface area (Å²) in [5, 5.41) is 8.56. The molecule has 1 aromatic heterocycles. The first-order chi connectivity index (χ1) is 9.14. The minimum Gasteiger partial charge on any atom is -0.481 e. The molecule has 0 saturated carbocycles. The average molecular weight is 320 g/mol. The molecule has 0 unspecified atom stereocenters. The van der Waals surface area contributed by atoms with Crippen LogP contribution in [0, 0.1) is 0 Å². The average Bonchev–Trinajstić information content (AvgIpc) is 2.25. The fourth-order valence-electron chi connectivity index (χ4n) is 1.39. The summed E-state index contributed by atoms with van der Waals surface area (Å²) in [5.41, 5.74) is -2.05. The summed E-state index contributed by atoms with van der Waals surface area (Å²) in [6, 6.07) is 0.563. The number of carbonyl (C=O) groups is 1. The number of aromatic nitrogens is 1. The zero-order valence-electron chi connectivity index (χ0n) is 9.55. The lowest BCUT2D eigenvalue weighted by atomic mass is 10.1. The van der Waals surface area contributed by atoms with Gasteiger partial charge in [-0.25, -0.2) is 13.8 Å². The molecule has 10 heteroatoms. The standard InChI is InChI=1S/C10H7ClF5NO3/c11-3-5-6(20-10(14,15)16)1-4(2-7(18)19)8(17-5)9(12)13/h1,9H,2-3H2,(H,18,19). The van der Waals surface area contributed by atoms with E-state index in [-0.39, 0.29) is 0 Å². The molecule has 0 aliphatic heterocycles. The maximum absolute atomic E-state index is 12.7. The van der Waals surface area contributed by atoms with Crippen LogP contribution in [0.15, 0.2) is 6.07 Å². The Morgan fingerprint density at radius 1 is 1.45 bits per heavy atom. The Hall–Kier alpha value is -1.64. The van der Waals surface area contributed by atoms with Crippen LogP contribution >= 0.6 is 11.6 Å². The molecule has 0 aromatic carbocycles. The van der Waals surface area contributed by atoms with E-state index in [1.807, 2.05) is 0 Å². The molecule has 0 aliphatic carbocycles. The molecule has 1 heterocycles. The molecule has 1 N–H and O–H groups in total. The van der Waals surface area contributed by atoms with E-state index in [1.54, 1.807) is 0 Å². The molecule has 1 aromatic rings. The molecule has 0 fully saturated rings. The molecule has 20 heavy (non-hydrogen) atoms. The van der Waals surface area contributed by atoms with Crippen LogP contribution in [0.5, 0.6) is 5.75 Å². The number of hydrogen-bond donors (Lipinski definition) is 1. The van der Waals surface area contributed by atoms with Crippen LogP contribution in [0.2, 0.25) is 0 Å². The SMILES string of the molecule is O=C(O)Cc1cc(OC(F)(F)F)c(CCl)nc1C(F)F. The van der Waals surface area contributed by atoms with Crippen LogP contribution in [0.1, 0.15) is 23.4 Å². The van der Waals surface area contributed by atoms with Crippen molar-refractivity contribution in [2.24, 2.45) is 0 Å². The highest BCUT2D eigenvalue weighted by Crippen LogP contribution is 2.31. The minimum atomic E-state index is -5.07. The van der Waals surface area contributed by atoms with Gasteiger partial charge in [-0.05, 0) is 11.6 Å². The van der Waals surface area contributed by atoms with Crippen LogP contribution in [-0.2, 0) is 17.1 Å². The Kier molecular flexibility index (Phi) is 5.09. The van der Waals surface area contributed by atoms with Gasteiger partial charge in [0.1, 0.15) is 5.69 Å². The van der Waals surface area contributed by atoms with E-state index < -0.39 is 53.8 Å². The summed E-state index contributed by atoms with van der Waals surface area (Å²) >= 11 is 5.32. The highest BCUT2D eigenvalue weighted by Gasteiger charge is 2.33. The molecule has 0 radical (unpaired) electrons. The first kappa shape index (κ1) is 16.4. The molecule has 112 valence electrons. The van der Waals surface area contributed by atoms with Crippen LogP contribution in [-0.4, -0.2) is 22.4 Å². The maximum atomic E-state index is 12.7. The zero-order valence-corrected chi connectivity index (χ0v) is 10.3. The highest BCUT2D eigenvalue weighted by molar-refractivity contribution is 6.17. The summed E-state index contributed by atoms with van der Waals surface area (Å²) in [7, 11) is 0. The predicted octanol–water partition coefficient (Wildman–Crippen LogP) is 3.28. The van der Waals surface area contributed by atoms with Crippen molar-refractivity contribution in [2.45, 2.75) is 25.1 Å². The maximum Gasteiger partial charge on any atom is 0.573 e. The lowest BCUT2D eigenvalue weighted by Crippen LogP contribution is -2.19. The Morgan fingerprint density at radius 2 is 2.05 bits per heavy atom. The molecule has 0 atom stereocenters. The monoisotopic (exact) mass is 319 g/mol. The molecule has 1 rings (SSSR count). The fourth-order valence-corrected chi connectivity index (χ4v) is 1.58. The third-order valence-corrected chi connectivity index (χ3v) is 2.33. The van der Waals surface area contributed by atoms with Crippen molar-refractivity contribution in [3.8, 4) is 5.75 Å². The van der Waals surface area contributed by atoms with Gasteiger partial charge in [0, 0.05) is 0 Å². The quantitative estimate of drug-likeness (QED) is 0.668. The van der Waals surface area contributed by atoms with Crippen LogP contribution in [0.3, 0.4) is 0 Å². The highest BCUT2D eigenvalue weighted by atomic mass is 35.5. The van der Waals surface area contributed by atoms with Gasteiger partial charge in [0.2, 0.25) is 0 Å². The molecule has 0 spiro atoms. The number of halogens is 6. The Balaban J connectivity index is 3.33. The molecule has 0 amide bonds. The van der Waals surface area contributed by atoms with E-state index in [1.165, 1.54) is 0 Å². The van der Waals surface area contributed by atoms with Gasteiger partial charge in [-0.15, -0.1) is 24.8 Å². The molecule has 0 bridgehead atoms. The molecular formula is C10H7ClF5NO3. The lowest BCUT2D eigenvalue weighted by molar-refractivity contribution is -0.275. The summed E-state index contributed by atoms with van der Waals surface area (Å²) in [4.78, 5) is 13.8. The molecule has 4 nitrogen and oxygen atoms in total. The van der Waals surface area contributed by atoms with Gasteiger partial charge in [-0.3, -0.25) is 4.79 Å². The number of alkyl halides is 6. The van der Waals surface area contributed by atoms with Gasteiger partial charge < -0.3 is 9.84 Å². The second-order valence-electron chi connectivity index (χ2n) is 3.53. The summed E-state index contributed by atoms with van der Waals surface area (Å²) < 4.78 is 65.5. The second kappa shape index (κ2) is 6.21. The van der Waals surface area contributed by atoms with Gasteiger partial charge in [0.15, 0.2) is 5.75 Å². The van der Waals surface area contributed by atoms with Crippen molar-refractivity contribution in [1.29, 1.82) is 0 Å². The van der Waals surface area contributed by atoms with Crippen LogP contribution in [0.4, 0.5) is 22.0 Å². The largest absolute Gasteiger partial charge is 0.573 e. The van der Waals surface area contributed by atoms with Crippen molar-refractivity contribution in [1.82, 2.24) is 4.98 Å². The normalized spacial score (nSPS) is 11.8. The van der Waals surface area contributed by atoms with E-state index in [2.05, 4.69) is 9.72 Å². The topological polar surface area (TPSA) is 59.4 Å². The third kappa shape index (κ3) is 4.48. The predicted molar refractivity (Wildman–Crippen MR) is 56.8 cm³/mol. The van der Waals surface area contributed by atoms with Crippen LogP contribution in [0.25, 0.3) is 0 Å². The third-order valence-electron chi connectivity index (χ3n) is 2.07. The number of nitrogens with zero attached hydrogens (tertiary/aromatic N) is 1. The molecular weight excluding hydrogens is 313 g/mol. The summed E-state index contributed by atoms with van der Waals surface area (Å²) in [5.74, 6) is -2.99. The van der Waals surface area contributed by atoms with E-state index in [0.717, 1.165) is 0 Å². The van der Waals surface area contributed by atoms with Gasteiger partial charge in [0.05, 0.1) is 18.0 Å². The minimum absolute atomic E-state index is 0.548. The number of carboxylic acids is 1. The van der Waals surface area contributed by atoms with Crippen molar-refractivity contribution in [2.75, 3.05) is 0 Å². The van der Waals surface area contributed by atoms with Crippen molar-refractivity contribution in [3.63, 3.8) is 0 Å². The Bertz CT molecular complexity index is 506. The number of carboxylic acid groups (broad SMARTS) is 1. The fraction of sp³-hybridized carbons (Fsp3) is 0.400. The van der Waals surface area contributed by atoms with Crippen LogP contribution < -0.4 is 4.74 Å². The number of aliphatic carboxylic acids is 1.